The molecule has 0 aromatic heterocycles. The number of allylic oxidation sites excluding steroid dienone is 2. The molecule has 0 bridgehead atoms. The van der Waals surface area contributed by atoms with E-state index in [9.17, 15) is 4.79 Å². The molecule has 24 heavy (non-hydrogen) atoms. The molecule has 130 valence electrons. The molecule has 5 N–H and O–H groups in total. The van der Waals surface area contributed by atoms with Gasteiger partial charge in [-0.15, -0.1) is 0 Å². The topological polar surface area (TPSA) is 91.0 Å². The van der Waals surface area contributed by atoms with Gasteiger partial charge in [0.2, 0.25) is 6.41 Å². The molecule has 1 aromatic carbocycles. The molecule has 0 atom stereocenters. The van der Waals surface area contributed by atoms with E-state index in [0.29, 0.717) is 11.6 Å². The fourth-order valence-electron chi connectivity index (χ4n) is 3.52. The molecule has 1 fully saturated rings. The van der Waals surface area contributed by atoms with Gasteiger partial charge in [0.1, 0.15) is 0 Å². The Morgan fingerprint density at radius 1 is 1.25 bits per heavy atom. The number of nitrogens with one attached hydrogen (secondary N) is 3. The number of nitrogens with two attached hydrogens (primary N) is 1. The average Bonchev–Trinajstić information content (AvgIpc) is 2.56. The van der Waals surface area contributed by atoms with E-state index in [-0.39, 0.29) is 6.04 Å². The number of anilines is 1. The van der Waals surface area contributed by atoms with E-state index < -0.39 is 0 Å². The van der Waals surface area contributed by atoms with Crippen LogP contribution in [-0.2, 0) is 4.79 Å². The van der Waals surface area contributed by atoms with Crippen LogP contribution in [0.15, 0.2) is 23.9 Å². The van der Waals surface area contributed by atoms with E-state index in [2.05, 4.69) is 16.7 Å². The number of carbonyl (C=O) groups is 1. The van der Waals surface area contributed by atoms with Crippen LogP contribution in [0.3, 0.4) is 0 Å². The van der Waals surface area contributed by atoms with Crippen molar-refractivity contribution in [3.05, 3.63) is 35.0 Å². The van der Waals surface area contributed by atoms with Gasteiger partial charge in [0.05, 0.1) is 0 Å². The molecule has 0 unspecified atom stereocenters. The van der Waals surface area contributed by atoms with Gasteiger partial charge in [-0.25, -0.2) is 0 Å². The highest BCUT2D eigenvalue weighted by Gasteiger charge is 2.23. The summed E-state index contributed by atoms with van der Waals surface area (Å²) in [6.07, 6.45) is 4.82. The van der Waals surface area contributed by atoms with Gasteiger partial charge in [-0.1, -0.05) is 6.07 Å². The van der Waals surface area contributed by atoms with Crippen LogP contribution in [-0.4, -0.2) is 25.2 Å². The third kappa shape index (κ3) is 4.03. The van der Waals surface area contributed by atoms with Crippen molar-refractivity contribution in [2.45, 2.75) is 51.5 Å². The molecule has 2 rings (SSSR count). The SMILES string of the molecule is CN/C(C)=C(\C(C)=N)c1ccc(NC=O)c(C2CCC(N)CC2)c1. The van der Waals surface area contributed by atoms with E-state index in [0.717, 1.165) is 60.2 Å². The highest BCUT2D eigenvalue weighted by atomic mass is 16.1. The van der Waals surface area contributed by atoms with Gasteiger partial charge in [-0.05, 0) is 68.7 Å². The first kappa shape index (κ1) is 18.2. The molecule has 0 saturated heterocycles. The van der Waals surface area contributed by atoms with Crippen molar-refractivity contribution < 1.29 is 4.79 Å². The number of benzene rings is 1. The molecule has 1 aromatic rings. The molecule has 5 nitrogen and oxygen atoms in total. The fraction of sp³-hybridized carbons (Fsp3) is 0.474. The smallest absolute Gasteiger partial charge is 0.211 e. The van der Waals surface area contributed by atoms with Crippen LogP contribution in [0.25, 0.3) is 5.57 Å². The van der Waals surface area contributed by atoms with Crippen LogP contribution in [0.5, 0.6) is 0 Å². The second-order valence-electron chi connectivity index (χ2n) is 6.55. The van der Waals surface area contributed by atoms with Gasteiger partial charge in [0.25, 0.3) is 0 Å². The van der Waals surface area contributed by atoms with E-state index >= 15 is 0 Å². The van der Waals surface area contributed by atoms with Crippen molar-refractivity contribution >= 4 is 23.4 Å². The predicted molar refractivity (Wildman–Crippen MR) is 100 cm³/mol. The highest BCUT2D eigenvalue weighted by molar-refractivity contribution is 6.22. The maximum atomic E-state index is 11.0. The van der Waals surface area contributed by atoms with Gasteiger partial charge < -0.3 is 21.8 Å². The zero-order valence-corrected chi connectivity index (χ0v) is 14.8. The lowest BCUT2D eigenvalue weighted by Gasteiger charge is -2.28. The van der Waals surface area contributed by atoms with E-state index in [1.165, 1.54) is 0 Å². The van der Waals surface area contributed by atoms with Gasteiger partial charge in [-0.3, -0.25) is 4.79 Å². The second-order valence-corrected chi connectivity index (χ2v) is 6.55. The third-order valence-electron chi connectivity index (χ3n) is 4.89. The summed E-state index contributed by atoms with van der Waals surface area (Å²) in [4.78, 5) is 11.0. The Labute approximate surface area is 144 Å². The summed E-state index contributed by atoms with van der Waals surface area (Å²) in [5.74, 6) is 0.398. The molecule has 0 radical (unpaired) electrons. The molecular weight excluding hydrogens is 300 g/mol. The van der Waals surface area contributed by atoms with Crippen molar-refractivity contribution in [1.29, 1.82) is 5.41 Å². The first-order valence-electron chi connectivity index (χ1n) is 8.52. The van der Waals surface area contributed by atoms with Gasteiger partial charge in [0, 0.05) is 35.8 Å². The first-order valence-corrected chi connectivity index (χ1v) is 8.52. The number of amides is 1. The van der Waals surface area contributed by atoms with Crippen LogP contribution >= 0.6 is 0 Å². The summed E-state index contributed by atoms with van der Waals surface area (Å²) in [5.41, 5.74) is 11.4. The van der Waals surface area contributed by atoms with Gasteiger partial charge in [0.15, 0.2) is 0 Å². The van der Waals surface area contributed by atoms with Crippen molar-refractivity contribution in [1.82, 2.24) is 5.32 Å². The molecular formula is C19H28N4O. The normalized spacial score (nSPS) is 21.7. The van der Waals surface area contributed by atoms with Crippen LogP contribution < -0.4 is 16.4 Å². The van der Waals surface area contributed by atoms with Crippen LogP contribution in [0.1, 0.15) is 56.6 Å². The molecule has 0 spiro atoms. The Bertz CT molecular complexity index is 643. The largest absolute Gasteiger partial charge is 0.391 e. The Kier molecular flexibility index (Phi) is 6.15. The first-order chi connectivity index (χ1) is 11.5. The maximum absolute atomic E-state index is 11.0. The molecule has 1 saturated carbocycles. The van der Waals surface area contributed by atoms with Crippen LogP contribution in [0.2, 0.25) is 0 Å². The molecule has 0 aliphatic heterocycles. The number of rotatable bonds is 6. The number of carbonyl (C=O) groups excluding carboxylic acids is 1. The van der Waals surface area contributed by atoms with Crippen molar-refractivity contribution in [3.63, 3.8) is 0 Å². The van der Waals surface area contributed by atoms with E-state index in [4.69, 9.17) is 11.1 Å². The summed E-state index contributed by atoms with van der Waals surface area (Å²) < 4.78 is 0. The molecule has 0 heterocycles. The molecule has 1 aliphatic carbocycles. The van der Waals surface area contributed by atoms with Crippen molar-refractivity contribution in [2.75, 3.05) is 12.4 Å². The average molecular weight is 328 g/mol. The van der Waals surface area contributed by atoms with Crippen LogP contribution in [0, 0.1) is 5.41 Å². The van der Waals surface area contributed by atoms with Crippen molar-refractivity contribution in [2.24, 2.45) is 5.73 Å². The van der Waals surface area contributed by atoms with E-state index in [1.54, 1.807) is 6.92 Å². The Morgan fingerprint density at radius 2 is 1.92 bits per heavy atom. The Morgan fingerprint density at radius 3 is 2.46 bits per heavy atom. The van der Waals surface area contributed by atoms with Gasteiger partial charge in [-0.2, -0.15) is 0 Å². The van der Waals surface area contributed by atoms with E-state index in [1.807, 2.05) is 26.1 Å². The lowest BCUT2D eigenvalue weighted by atomic mass is 9.80. The second kappa shape index (κ2) is 8.11. The summed E-state index contributed by atoms with van der Waals surface area (Å²) in [6, 6.07) is 6.33. The number of hydrogen-bond acceptors (Lipinski definition) is 4. The summed E-state index contributed by atoms with van der Waals surface area (Å²) >= 11 is 0. The fourth-order valence-corrected chi connectivity index (χ4v) is 3.52. The van der Waals surface area contributed by atoms with Crippen molar-refractivity contribution in [3.8, 4) is 0 Å². The zero-order chi connectivity index (χ0) is 17.7. The highest BCUT2D eigenvalue weighted by Crippen LogP contribution is 2.37. The monoisotopic (exact) mass is 328 g/mol. The quantitative estimate of drug-likeness (QED) is 0.477. The Hall–Kier alpha value is -2.14. The molecule has 5 heteroatoms. The predicted octanol–water partition coefficient (Wildman–Crippen LogP) is 3.23. The minimum atomic E-state index is 0.290. The minimum Gasteiger partial charge on any atom is -0.391 e. The summed E-state index contributed by atoms with van der Waals surface area (Å²) in [6.45, 7) is 3.78. The third-order valence-corrected chi connectivity index (χ3v) is 4.89. The molecule has 1 aliphatic rings. The maximum Gasteiger partial charge on any atom is 0.211 e. The molecule has 1 amide bonds. The minimum absolute atomic E-state index is 0.290. The zero-order valence-electron chi connectivity index (χ0n) is 14.8. The number of hydrogen-bond donors (Lipinski definition) is 4. The van der Waals surface area contributed by atoms with Crippen LogP contribution in [0.4, 0.5) is 5.69 Å². The lowest BCUT2D eigenvalue weighted by Crippen LogP contribution is -2.26. The van der Waals surface area contributed by atoms with Gasteiger partial charge >= 0.3 is 0 Å². The summed E-state index contributed by atoms with van der Waals surface area (Å²) in [5, 5.41) is 14.1. The standard InChI is InChI=1S/C19H28N4O/c1-12(20)19(13(2)22-3)15-6-9-18(23-11-24)17(10-15)14-4-7-16(21)8-5-14/h6,9-11,14,16,20,22H,4-5,7-8,21H2,1-3H3,(H,23,24)/b19-13+,20-12?. The Balaban J connectivity index is 2.47. The summed E-state index contributed by atoms with van der Waals surface area (Å²) in [7, 11) is 1.87. The lowest BCUT2D eigenvalue weighted by molar-refractivity contribution is -0.105.